The summed E-state index contributed by atoms with van der Waals surface area (Å²) in [7, 11) is 3.86. The Labute approximate surface area is 107 Å². The standard InChI is InChI=1S/C12H21N3O3/c1-15(2)10(11-5-3-8-18-11)9-14-12(17)13-6-4-7-16/h3,5,8,10,16H,4,6-7,9H2,1-2H3,(H2,13,14,17). The summed E-state index contributed by atoms with van der Waals surface area (Å²) in [6.07, 6.45) is 2.18. The van der Waals surface area contributed by atoms with Gasteiger partial charge in [-0.25, -0.2) is 4.79 Å². The minimum absolute atomic E-state index is 0.00333. The second kappa shape index (κ2) is 7.73. The number of aliphatic hydroxyl groups excluding tert-OH is 1. The van der Waals surface area contributed by atoms with Gasteiger partial charge >= 0.3 is 6.03 Å². The molecule has 1 atom stereocenters. The molecule has 18 heavy (non-hydrogen) atoms. The SMILES string of the molecule is CN(C)C(CNC(=O)NCCCO)c1ccco1. The average Bonchev–Trinajstić information content (AvgIpc) is 2.83. The van der Waals surface area contributed by atoms with E-state index in [1.54, 1.807) is 6.26 Å². The molecule has 0 fully saturated rings. The topological polar surface area (TPSA) is 77.7 Å². The second-order valence-corrected chi connectivity index (χ2v) is 4.21. The number of rotatable bonds is 7. The molecule has 0 bridgehead atoms. The van der Waals surface area contributed by atoms with Crippen LogP contribution in [0.5, 0.6) is 0 Å². The number of hydrogen-bond donors (Lipinski definition) is 3. The van der Waals surface area contributed by atoms with E-state index in [-0.39, 0.29) is 18.7 Å². The van der Waals surface area contributed by atoms with Gasteiger partial charge < -0.3 is 20.2 Å². The number of nitrogens with zero attached hydrogens (tertiary/aromatic N) is 1. The summed E-state index contributed by atoms with van der Waals surface area (Å²) in [5.41, 5.74) is 0. The van der Waals surface area contributed by atoms with Crippen LogP contribution in [0.15, 0.2) is 22.8 Å². The van der Waals surface area contributed by atoms with E-state index in [0.717, 1.165) is 5.76 Å². The first-order valence-electron chi connectivity index (χ1n) is 5.97. The number of carbonyl (C=O) groups excluding carboxylic acids is 1. The predicted molar refractivity (Wildman–Crippen MR) is 68.2 cm³/mol. The van der Waals surface area contributed by atoms with Gasteiger partial charge in [-0.15, -0.1) is 0 Å². The molecule has 0 saturated carbocycles. The predicted octanol–water partition coefficient (Wildman–Crippen LogP) is 0.564. The number of urea groups is 1. The highest BCUT2D eigenvalue weighted by molar-refractivity contribution is 5.73. The fourth-order valence-corrected chi connectivity index (χ4v) is 1.55. The zero-order chi connectivity index (χ0) is 13.4. The van der Waals surface area contributed by atoms with Crippen LogP contribution in [0, 0.1) is 0 Å². The van der Waals surface area contributed by atoms with Gasteiger partial charge in [-0.1, -0.05) is 0 Å². The van der Waals surface area contributed by atoms with E-state index in [1.807, 2.05) is 31.1 Å². The first-order chi connectivity index (χ1) is 8.65. The van der Waals surface area contributed by atoms with Crippen LogP contribution >= 0.6 is 0 Å². The van der Waals surface area contributed by atoms with Crippen LogP contribution in [0.1, 0.15) is 18.2 Å². The number of amides is 2. The smallest absolute Gasteiger partial charge is 0.314 e. The third-order valence-corrected chi connectivity index (χ3v) is 2.57. The Morgan fingerprint density at radius 2 is 2.28 bits per heavy atom. The number of likely N-dealkylation sites (N-methyl/N-ethyl adjacent to an activating group) is 1. The molecule has 0 aliphatic rings. The molecule has 0 spiro atoms. The van der Waals surface area contributed by atoms with E-state index in [1.165, 1.54) is 0 Å². The van der Waals surface area contributed by atoms with Crippen molar-refractivity contribution >= 4 is 6.03 Å². The third-order valence-electron chi connectivity index (χ3n) is 2.57. The van der Waals surface area contributed by atoms with Crippen LogP contribution < -0.4 is 10.6 Å². The average molecular weight is 255 g/mol. The van der Waals surface area contributed by atoms with Gasteiger partial charge in [0.05, 0.1) is 12.3 Å². The molecule has 6 nitrogen and oxygen atoms in total. The van der Waals surface area contributed by atoms with Gasteiger partial charge in [0.25, 0.3) is 0 Å². The Morgan fingerprint density at radius 3 is 2.83 bits per heavy atom. The van der Waals surface area contributed by atoms with Crippen LogP contribution in [0.4, 0.5) is 4.79 Å². The molecule has 6 heteroatoms. The molecule has 1 aromatic heterocycles. The van der Waals surface area contributed by atoms with Gasteiger partial charge in [0.1, 0.15) is 5.76 Å². The van der Waals surface area contributed by atoms with Crippen molar-refractivity contribution < 1.29 is 14.3 Å². The maximum Gasteiger partial charge on any atom is 0.314 e. The third kappa shape index (κ3) is 4.77. The summed E-state index contributed by atoms with van der Waals surface area (Å²) in [5.74, 6) is 0.815. The highest BCUT2D eigenvalue weighted by atomic mass is 16.3. The lowest BCUT2D eigenvalue weighted by atomic mass is 10.2. The lowest BCUT2D eigenvalue weighted by molar-refractivity contribution is 0.223. The Hall–Kier alpha value is -1.53. The maximum absolute atomic E-state index is 11.5. The van der Waals surface area contributed by atoms with Crippen LogP contribution in [-0.2, 0) is 0 Å². The van der Waals surface area contributed by atoms with E-state index in [4.69, 9.17) is 9.52 Å². The molecule has 3 N–H and O–H groups in total. The molecule has 1 heterocycles. The number of hydrogen-bond acceptors (Lipinski definition) is 4. The molecule has 1 rings (SSSR count). The zero-order valence-electron chi connectivity index (χ0n) is 10.8. The molecule has 0 saturated heterocycles. The number of furan rings is 1. The fourth-order valence-electron chi connectivity index (χ4n) is 1.55. The van der Waals surface area contributed by atoms with Crippen molar-refractivity contribution in [2.45, 2.75) is 12.5 Å². The number of nitrogens with one attached hydrogen (secondary N) is 2. The van der Waals surface area contributed by atoms with Crippen molar-refractivity contribution in [3.8, 4) is 0 Å². The lowest BCUT2D eigenvalue weighted by Crippen LogP contribution is -2.40. The fraction of sp³-hybridized carbons (Fsp3) is 0.583. The molecule has 0 aliphatic carbocycles. The van der Waals surface area contributed by atoms with E-state index in [0.29, 0.717) is 19.5 Å². The van der Waals surface area contributed by atoms with E-state index >= 15 is 0 Å². The van der Waals surface area contributed by atoms with Crippen molar-refractivity contribution in [1.29, 1.82) is 0 Å². The summed E-state index contributed by atoms with van der Waals surface area (Å²) < 4.78 is 5.34. The number of aliphatic hydroxyl groups is 1. The van der Waals surface area contributed by atoms with Crippen LogP contribution in [0.3, 0.4) is 0 Å². The minimum atomic E-state index is -0.234. The van der Waals surface area contributed by atoms with E-state index in [2.05, 4.69) is 10.6 Å². The Balaban J connectivity index is 2.37. The second-order valence-electron chi connectivity index (χ2n) is 4.21. The van der Waals surface area contributed by atoms with Crippen molar-refractivity contribution in [1.82, 2.24) is 15.5 Å². The Kier molecular flexibility index (Phi) is 6.24. The molecule has 2 amide bonds. The summed E-state index contributed by atoms with van der Waals surface area (Å²) in [6.45, 7) is 1.01. The highest BCUT2D eigenvalue weighted by Crippen LogP contribution is 2.17. The first-order valence-corrected chi connectivity index (χ1v) is 5.97. The van der Waals surface area contributed by atoms with Gasteiger partial charge in [0.2, 0.25) is 0 Å². The lowest BCUT2D eigenvalue weighted by Gasteiger charge is -2.22. The largest absolute Gasteiger partial charge is 0.468 e. The van der Waals surface area contributed by atoms with Crippen molar-refractivity contribution in [2.75, 3.05) is 33.8 Å². The summed E-state index contributed by atoms with van der Waals surface area (Å²) in [5, 5.41) is 14.0. The van der Waals surface area contributed by atoms with Gasteiger partial charge in [-0.2, -0.15) is 0 Å². The summed E-state index contributed by atoms with van der Waals surface area (Å²) in [6, 6.07) is 3.48. The van der Waals surface area contributed by atoms with Crippen molar-refractivity contribution in [2.24, 2.45) is 0 Å². The number of carbonyl (C=O) groups is 1. The Bertz CT molecular complexity index is 338. The minimum Gasteiger partial charge on any atom is -0.468 e. The summed E-state index contributed by atoms with van der Waals surface area (Å²) >= 11 is 0. The van der Waals surface area contributed by atoms with Gasteiger partial charge in [-0.3, -0.25) is 4.90 Å². The first kappa shape index (κ1) is 14.5. The highest BCUT2D eigenvalue weighted by Gasteiger charge is 2.17. The maximum atomic E-state index is 11.5. The zero-order valence-corrected chi connectivity index (χ0v) is 10.8. The van der Waals surface area contributed by atoms with E-state index < -0.39 is 0 Å². The molecular formula is C12H21N3O3. The molecule has 0 radical (unpaired) electrons. The van der Waals surface area contributed by atoms with Crippen LogP contribution in [-0.4, -0.2) is 49.8 Å². The molecular weight excluding hydrogens is 234 g/mol. The quantitative estimate of drug-likeness (QED) is 0.622. The summed E-state index contributed by atoms with van der Waals surface area (Å²) in [4.78, 5) is 13.4. The monoisotopic (exact) mass is 255 g/mol. The van der Waals surface area contributed by atoms with Crippen molar-refractivity contribution in [3.05, 3.63) is 24.2 Å². The molecule has 1 aromatic rings. The molecule has 1 unspecified atom stereocenters. The van der Waals surface area contributed by atoms with Crippen LogP contribution in [0.2, 0.25) is 0 Å². The van der Waals surface area contributed by atoms with Gasteiger partial charge in [0, 0.05) is 19.7 Å². The molecule has 0 aliphatic heterocycles. The normalized spacial score (nSPS) is 12.4. The van der Waals surface area contributed by atoms with Crippen LogP contribution in [0.25, 0.3) is 0 Å². The Morgan fingerprint density at radius 1 is 1.50 bits per heavy atom. The molecule has 102 valence electrons. The van der Waals surface area contributed by atoms with Gasteiger partial charge in [-0.05, 0) is 32.6 Å². The van der Waals surface area contributed by atoms with E-state index in [9.17, 15) is 4.79 Å². The molecule has 0 aromatic carbocycles. The van der Waals surface area contributed by atoms with Crippen molar-refractivity contribution in [3.63, 3.8) is 0 Å². The van der Waals surface area contributed by atoms with Gasteiger partial charge in [0.15, 0.2) is 0 Å².